The summed E-state index contributed by atoms with van der Waals surface area (Å²) in [5.41, 5.74) is 0. The number of allylic oxidation sites excluding steroid dienone is 1. The zero-order chi connectivity index (χ0) is 8.69. The van der Waals surface area contributed by atoms with Crippen LogP contribution in [0.15, 0.2) is 12.7 Å². The van der Waals surface area contributed by atoms with Gasteiger partial charge in [0.25, 0.3) is 0 Å². The highest BCUT2D eigenvalue weighted by atomic mass is 16.1. The summed E-state index contributed by atoms with van der Waals surface area (Å²) in [7, 11) is 0. The lowest BCUT2D eigenvalue weighted by molar-refractivity contribution is -0.121. The Balaban J connectivity index is 3.68. The van der Waals surface area contributed by atoms with E-state index in [1.165, 1.54) is 0 Å². The fourth-order valence-electron chi connectivity index (χ4n) is 1.22. The van der Waals surface area contributed by atoms with E-state index in [0.717, 1.165) is 25.7 Å². The van der Waals surface area contributed by atoms with Crippen LogP contribution in [-0.4, -0.2) is 5.78 Å². The number of hydrogen-bond donors (Lipinski definition) is 0. The summed E-state index contributed by atoms with van der Waals surface area (Å²) < 4.78 is 0. The van der Waals surface area contributed by atoms with Gasteiger partial charge < -0.3 is 0 Å². The van der Waals surface area contributed by atoms with Crippen LogP contribution in [-0.2, 0) is 4.79 Å². The molecule has 1 atom stereocenters. The van der Waals surface area contributed by atoms with E-state index in [9.17, 15) is 4.79 Å². The summed E-state index contributed by atoms with van der Waals surface area (Å²) in [6.07, 6.45) is 5.95. The zero-order valence-electron chi connectivity index (χ0n) is 7.60. The molecule has 0 bridgehead atoms. The van der Waals surface area contributed by atoms with E-state index >= 15 is 0 Å². The van der Waals surface area contributed by atoms with Crippen molar-refractivity contribution >= 4 is 5.78 Å². The fraction of sp³-hybridized carbons (Fsp3) is 0.700. The predicted octanol–water partition coefficient (Wildman–Crippen LogP) is 2.96. The second-order valence-electron chi connectivity index (χ2n) is 2.96. The van der Waals surface area contributed by atoms with E-state index in [1.807, 2.05) is 6.08 Å². The Morgan fingerprint density at radius 3 is 2.55 bits per heavy atom. The molecule has 0 saturated heterocycles. The lowest BCUT2D eigenvalue weighted by Gasteiger charge is -2.09. The zero-order valence-corrected chi connectivity index (χ0v) is 7.60. The Labute approximate surface area is 69.5 Å². The van der Waals surface area contributed by atoms with E-state index in [4.69, 9.17) is 0 Å². The number of hydrogen-bond acceptors (Lipinski definition) is 1. The first kappa shape index (κ1) is 10.4. The molecule has 64 valence electrons. The largest absolute Gasteiger partial charge is 0.300 e. The van der Waals surface area contributed by atoms with Gasteiger partial charge in [-0.05, 0) is 26.2 Å². The van der Waals surface area contributed by atoms with E-state index < -0.39 is 0 Å². The minimum atomic E-state index is 0.276. The highest BCUT2D eigenvalue weighted by molar-refractivity contribution is 5.78. The first-order valence-corrected chi connectivity index (χ1v) is 4.33. The molecule has 0 amide bonds. The first-order valence-electron chi connectivity index (χ1n) is 4.33. The third-order valence-electron chi connectivity index (χ3n) is 1.93. The average molecular weight is 154 g/mol. The standard InChI is InChI=1S/C10H18O/c1-4-6-8-10(7-5-2)9(3)11/h4,10H,1,5-8H2,2-3H3. The van der Waals surface area contributed by atoms with Gasteiger partial charge in [-0.1, -0.05) is 19.4 Å². The van der Waals surface area contributed by atoms with Gasteiger partial charge in [0.15, 0.2) is 0 Å². The van der Waals surface area contributed by atoms with E-state index in [-0.39, 0.29) is 5.92 Å². The lowest BCUT2D eigenvalue weighted by atomic mass is 9.94. The summed E-state index contributed by atoms with van der Waals surface area (Å²) in [5.74, 6) is 0.603. The van der Waals surface area contributed by atoms with Crippen molar-refractivity contribution in [3.8, 4) is 0 Å². The Morgan fingerprint density at radius 1 is 1.55 bits per heavy atom. The van der Waals surface area contributed by atoms with Gasteiger partial charge in [-0.15, -0.1) is 6.58 Å². The molecule has 0 aromatic rings. The van der Waals surface area contributed by atoms with Gasteiger partial charge in [-0.2, -0.15) is 0 Å². The van der Waals surface area contributed by atoms with Crippen molar-refractivity contribution in [2.45, 2.75) is 39.5 Å². The second-order valence-corrected chi connectivity index (χ2v) is 2.96. The van der Waals surface area contributed by atoms with Crippen molar-refractivity contribution in [3.63, 3.8) is 0 Å². The maximum atomic E-state index is 11.0. The quantitative estimate of drug-likeness (QED) is 0.537. The van der Waals surface area contributed by atoms with Gasteiger partial charge in [-0.25, -0.2) is 0 Å². The van der Waals surface area contributed by atoms with Gasteiger partial charge in [-0.3, -0.25) is 4.79 Å². The number of rotatable bonds is 6. The van der Waals surface area contributed by atoms with Crippen LogP contribution in [0.5, 0.6) is 0 Å². The normalized spacial score (nSPS) is 12.5. The molecule has 0 fully saturated rings. The molecular formula is C10H18O. The summed E-state index contributed by atoms with van der Waals surface area (Å²) in [6.45, 7) is 7.44. The molecular weight excluding hydrogens is 136 g/mol. The SMILES string of the molecule is C=CCCC(CCC)C(C)=O. The van der Waals surface area contributed by atoms with Gasteiger partial charge >= 0.3 is 0 Å². The van der Waals surface area contributed by atoms with E-state index in [1.54, 1.807) is 6.92 Å². The van der Waals surface area contributed by atoms with Crippen LogP contribution in [0, 0.1) is 5.92 Å². The molecule has 0 heterocycles. The van der Waals surface area contributed by atoms with Crippen LogP contribution in [0.2, 0.25) is 0 Å². The van der Waals surface area contributed by atoms with Crippen molar-refractivity contribution in [1.29, 1.82) is 0 Å². The lowest BCUT2D eigenvalue weighted by Crippen LogP contribution is -2.09. The molecule has 11 heavy (non-hydrogen) atoms. The van der Waals surface area contributed by atoms with Crippen LogP contribution in [0.3, 0.4) is 0 Å². The summed E-state index contributed by atoms with van der Waals surface area (Å²) in [4.78, 5) is 11.0. The van der Waals surface area contributed by atoms with Crippen molar-refractivity contribution in [2.24, 2.45) is 5.92 Å². The predicted molar refractivity (Wildman–Crippen MR) is 48.5 cm³/mol. The van der Waals surface area contributed by atoms with Gasteiger partial charge in [0.05, 0.1) is 0 Å². The molecule has 0 aromatic carbocycles. The molecule has 1 heteroatoms. The highest BCUT2D eigenvalue weighted by Crippen LogP contribution is 2.14. The average Bonchev–Trinajstić information content (AvgIpc) is 1.97. The molecule has 1 unspecified atom stereocenters. The molecule has 0 saturated carbocycles. The number of ketones is 1. The molecule has 0 N–H and O–H groups in total. The molecule has 0 aliphatic heterocycles. The maximum absolute atomic E-state index is 11.0. The molecule has 0 aliphatic rings. The third kappa shape index (κ3) is 4.77. The minimum Gasteiger partial charge on any atom is -0.300 e. The number of carbonyl (C=O) groups is 1. The van der Waals surface area contributed by atoms with Crippen LogP contribution in [0.1, 0.15) is 39.5 Å². The molecule has 0 aromatic heterocycles. The van der Waals surface area contributed by atoms with Crippen LogP contribution < -0.4 is 0 Å². The Kier molecular flexibility index (Phi) is 5.81. The van der Waals surface area contributed by atoms with Crippen molar-refractivity contribution in [2.75, 3.05) is 0 Å². The van der Waals surface area contributed by atoms with Gasteiger partial charge in [0.2, 0.25) is 0 Å². The minimum absolute atomic E-state index is 0.276. The molecule has 0 spiro atoms. The van der Waals surface area contributed by atoms with Crippen molar-refractivity contribution in [3.05, 3.63) is 12.7 Å². The van der Waals surface area contributed by atoms with E-state index in [2.05, 4.69) is 13.5 Å². The third-order valence-corrected chi connectivity index (χ3v) is 1.93. The van der Waals surface area contributed by atoms with Crippen LogP contribution >= 0.6 is 0 Å². The second kappa shape index (κ2) is 6.14. The van der Waals surface area contributed by atoms with Gasteiger partial charge in [0.1, 0.15) is 5.78 Å². The smallest absolute Gasteiger partial charge is 0.132 e. The Morgan fingerprint density at radius 2 is 2.18 bits per heavy atom. The van der Waals surface area contributed by atoms with Crippen molar-refractivity contribution < 1.29 is 4.79 Å². The first-order chi connectivity index (χ1) is 5.22. The monoisotopic (exact) mass is 154 g/mol. The van der Waals surface area contributed by atoms with Crippen LogP contribution in [0.4, 0.5) is 0 Å². The fourth-order valence-corrected chi connectivity index (χ4v) is 1.22. The van der Waals surface area contributed by atoms with Crippen molar-refractivity contribution in [1.82, 2.24) is 0 Å². The summed E-state index contributed by atoms with van der Waals surface area (Å²) >= 11 is 0. The summed E-state index contributed by atoms with van der Waals surface area (Å²) in [6, 6.07) is 0. The Hall–Kier alpha value is -0.590. The van der Waals surface area contributed by atoms with Crippen LogP contribution in [0.25, 0.3) is 0 Å². The highest BCUT2D eigenvalue weighted by Gasteiger charge is 2.10. The Bertz CT molecular complexity index is 127. The molecule has 0 rings (SSSR count). The number of carbonyl (C=O) groups excluding carboxylic acids is 1. The number of Topliss-reactive ketones (excluding diaryl/α,β-unsaturated/α-hetero) is 1. The molecule has 1 nitrogen and oxygen atoms in total. The van der Waals surface area contributed by atoms with Gasteiger partial charge in [0, 0.05) is 5.92 Å². The molecule has 0 aliphatic carbocycles. The maximum Gasteiger partial charge on any atom is 0.132 e. The summed E-state index contributed by atoms with van der Waals surface area (Å²) in [5, 5.41) is 0. The van der Waals surface area contributed by atoms with E-state index in [0.29, 0.717) is 5.78 Å². The molecule has 0 radical (unpaired) electrons. The topological polar surface area (TPSA) is 17.1 Å².